The van der Waals surface area contributed by atoms with Gasteiger partial charge in [-0.1, -0.05) is 30.3 Å². The van der Waals surface area contributed by atoms with Crippen LogP contribution in [0.15, 0.2) is 60.2 Å². The molecule has 0 aliphatic heterocycles. The van der Waals surface area contributed by atoms with E-state index < -0.39 is 5.91 Å². The standard InChI is InChI=1S/C23H15N7OS2/c24-10-14-16(13-4-2-1-3-5-13)17-18(25)19(33-22(17)29-20(14)26)21(31)30-23-28-15(11-32-23)12-6-8-27-9-7-12/h1-9,11H,25H2,(H2,26,29)(H,28,30,31). The Morgan fingerprint density at radius 1 is 1.03 bits per heavy atom. The number of pyridine rings is 2. The summed E-state index contributed by atoms with van der Waals surface area (Å²) >= 11 is 2.44. The number of nitrogens with two attached hydrogens (primary N) is 2. The number of hydrogen-bond acceptors (Lipinski definition) is 9. The van der Waals surface area contributed by atoms with E-state index in [1.807, 2.05) is 47.8 Å². The molecule has 5 N–H and O–H groups in total. The molecular weight excluding hydrogens is 454 g/mol. The number of nitrogens with one attached hydrogen (secondary N) is 1. The summed E-state index contributed by atoms with van der Waals surface area (Å²) in [5.74, 6) is -0.304. The van der Waals surface area contributed by atoms with Crippen LogP contribution in [0, 0.1) is 11.3 Å². The number of aromatic nitrogens is 3. The lowest BCUT2D eigenvalue weighted by molar-refractivity contribution is 0.103. The summed E-state index contributed by atoms with van der Waals surface area (Å²) in [6, 6.07) is 15.1. The SMILES string of the molecule is N#Cc1c(N)nc2sc(C(=O)Nc3nc(-c4ccncc4)cs3)c(N)c2c1-c1ccccc1. The van der Waals surface area contributed by atoms with E-state index in [1.54, 1.807) is 12.4 Å². The van der Waals surface area contributed by atoms with E-state index >= 15 is 0 Å². The minimum Gasteiger partial charge on any atom is -0.397 e. The lowest BCUT2D eigenvalue weighted by Crippen LogP contribution is -2.11. The lowest BCUT2D eigenvalue weighted by Gasteiger charge is -2.09. The Balaban J connectivity index is 1.56. The zero-order valence-corrected chi connectivity index (χ0v) is 18.6. The molecule has 0 aliphatic carbocycles. The molecule has 1 aromatic carbocycles. The Kier molecular flexibility index (Phi) is 5.18. The largest absolute Gasteiger partial charge is 0.397 e. The number of hydrogen-bond donors (Lipinski definition) is 3. The van der Waals surface area contributed by atoms with Crippen molar-refractivity contribution in [1.82, 2.24) is 15.0 Å². The molecule has 5 aromatic rings. The molecule has 0 bridgehead atoms. The predicted octanol–water partition coefficient (Wildman–Crippen LogP) is 4.77. The zero-order valence-electron chi connectivity index (χ0n) is 16.9. The van der Waals surface area contributed by atoms with Gasteiger partial charge >= 0.3 is 0 Å². The van der Waals surface area contributed by atoms with Crippen molar-refractivity contribution in [2.24, 2.45) is 0 Å². The van der Waals surface area contributed by atoms with Crippen molar-refractivity contribution in [3.05, 3.63) is 70.7 Å². The fourth-order valence-corrected chi connectivity index (χ4v) is 5.21. The Labute approximate surface area is 196 Å². The topological polar surface area (TPSA) is 144 Å². The molecule has 5 rings (SSSR count). The summed E-state index contributed by atoms with van der Waals surface area (Å²) < 4.78 is 0. The van der Waals surface area contributed by atoms with Gasteiger partial charge in [0.15, 0.2) is 5.13 Å². The molecule has 0 aliphatic rings. The summed E-state index contributed by atoms with van der Waals surface area (Å²) in [6.45, 7) is 0. The first-order valence-corrected chi connectivity index (χ1v) is 11.4. The number of nitriles is 1. The fraction of sp³-hybridized carbons (Fsp3) is 0. The Bertz CT molecular complexity index is 1540. The van der Waals surface area contributed by atoms with Gasteiger partial charge < -0.3 is 11.5 Å². The predicted molar refractivity (Wildman–Crippen MR) is 132 cm³/mol. The molecule has 0 radical (unpaired) electrons. The van der Waals surface area contributed by atoms with Crippen LogP contribution in [0.3, 0.4) is 0 Å². The van der Waals surface area contributed by atoms with Crippen LogP contribution in [0.25, 0.3) is 32.6 Å². The molecule has 1 amide bonds. The van der Waals surface area contributed by atoms with E-state index in [-0.39, 0.29) is 21.9 Å². The average molecular weight is 470 g/mol. The first kappa shape index (κ1) is 20.6. The van der Waals surface area contributed by atoms with Gasteiger partial charge in [0.05, 0.1) is 11.4 Å². The third-order valence-electron chi connectivity index (χ3n) is 4.99. The minimum atomic E-state index is -0.401. The third kappa shape index (κ3) is 3.65. The van der Waals surface area contributed by atoms with Crippen LogP contribution in [-0.4, -0.2) is 20.9 Å². The zero-order chi connectivity index (χ0) is 22.9. The van der Waals surface area contributed by atoms with Crippen molar-refractivity contribution in [3.63, 3.8) is 0 Å². The molecule has 0 saturated carbocycles. The van der Waals surface area contributed by atoms with Crippen molar-refractivity contribution in [2.45, 2.75) is 0 Å². The van der Waals surface area contributed by atoms with Gasteiger partial charge in [-0.15, -0.1) is 22.7 Å². The maximum absolute atomic E-state index is 13.1. The van der Waals surface area contributed by atoms with E-state index in [0.29, 0.717) is 20.9 Å². The second kappa shape index (κ2) is 8.31. The van der Waals surface area contributed by atoms with E-state index in [4.69, 9.17) is 11.5 Å². The van der Waals surface area contributed by atoms with Crippen LogP contribution in [0.1, 0.15) is 15.2 Å². The van der Waals surface area contributed by atoms with Crippen LogP contribution in [0.4, 0.5) is 16.6 Å². The number of thiophene rings is 1. The first-order valence-electron chi connectivity index (χ1n) is 9.71. The maximum atomic E-state index is 13.1. The van der Waals surface area contributed by atoms with E-state index in [1.165, 1.54) is 11.3 Å². The highest BCUT2D eigenvalue weighted by molar-refractivity contribution is 7.21. The van der Waals surface area contributed by atoms with Crippen molar-refractivity contribution >= 4 is 55.4 Å². The second-order valence-electron chi connectivity index (χ2n) is 6.98. The molecule has 160 valence electrons. The highest BCUT2D eigenvalue weighted by atomic mass is 32.1. The molecule has 0 fully saturated rings. The molecule has 10 heteroatoms. The first-order chi connectivity index (χ1) is 16.1. The van der Waals surface area contributed by atoms with Gasteiger partial charge in [-0.05, 0) is 17.7 Å². The molecule has 0 spiro atoms. The summed E-state index contributed by atoms with van der Waals surface area (Å²) in [4.78, 5) is 26.7. The Morgan fingerprint density at radius 3 is 2.52 bits per heavy atom. The third-order valence-corrected chi connectivity index (χ3v) is 6.84. The van der Waals surface area contributed by atoms with Crippen LogP contribution in [0.2, 0.25) is 0 Å². The number of nitrogens with zero attached hydrogens (tertiary/aromatic N) is 4. The Hall–Kier alpha value is -4.33. The lowest BCUT2D eigenvalue weighted by atomic mass is 9.97. The van der Waals surface area contributed by atoms with Gasteiger partial charge in [0.1, 0.15) is 27.2 Å². The maximum Gasteiger partial charge on any atom is 0.269 e. The number of anilines is 3. The molecular formula is C23H15N7OS2. The van der Waals surface area contributed by atoms with Crippen LogP contribution >= 0.6 is 22.7 Å². The van der Waals surface area contributed by atoms with Gasteiger partial charge in [-0.3, -0.25) is 15.1 Å². The molecule has 0 unspecified atom stereocenters. The van der Waals surface area contributed by atoms with Crippen LogP contribution in [-0.2, 0) is 0 Å². The monoisotopic (exact) mass is 469 g/mol. The normalized spacial score (nSPS) is 10.8. The second-order valence-corrected chi connectivity index (χ2v) is 8.83. The molecule has 4 heterocycles. The van der Waals surface area contributed by atoms with Gasteiger partial charge in [-0.2, -0.15) is 5.26 Å². The molecule has 4 aromatic heterocycles. The van der Waals surface area contributed by atoms with E-state index in [9.17, 15) is 10.1 Å². The van der Waals surface area contributed by atoms with Gasteiger partial charge in [0.25, 0.3) is 5.91 Å². The smallest absolute Gasteiger partial charge is 0.269 e. The number of amides is 1. The molecule has 8 nitrogen and oxygen atoms in total. The van der Waals surface area contributed by atoms with Crippen LogP contribution < -0.4 is 16.8 Å². The van der Waals surface area contributed by atoms with Crippen molar-refractivity contribution < 1.29 is 4.79 Å². The average Bonchev–Trinajstić information content (AvgIpc) is 3.43. The van der Waals surface area contributed by atoms with Crippen molar-refractivity contribution in [3.8, 4) is 28.5 Å². The quantitative estimate of drug-likeness (QED) is 0.344. The summed E-state index contributed by atoms with van der Waals surface area (Å²) in [5.41, 5.74) is 16.0. The molecule has 0 saturated heterocycles. The number of thiazole rings is 1. The van der Waals surface area contributed by atoms with Crippen molar-refractivity contribution in [2.75, 3.05) is 16.8 Å². The van der Waals surface area contributed by atoms with E-state index in [2.05, 4.69) is 26.3 Å². The molecule has 0 atom stereocenters. The number of carbonyl (C=O) groups is 1. The highest BCUT2D eigenvalue weighted by Crippen LogP contribution is 2.42. The Morgan fingerprint density at radius 2 is 1.79 bits per heavy atom. The minimum absolute atomic E-state index is 0.0963. The number of benzene rings is 1. The highest BCUT2D eigenvalue weighted by Gasteiger charge is 2.24. The fourth-order valence-electron chi connectivity index (χ4n) is 3.49. The number of fused-ring (bicyclic) bond motifs is 1. The number of carbonyl (C=O) groups excluding carboxylic acids is 1. The molecule has 33 heavy (non-hydrogen) atoms. The van der Waals surface area contributed by atoms with Crippen molar-refractivity contribution in [1.29, 1.82) is 5.26 Å². The summed E-state index contributed by atoms with van der Waals surface area (Å²) in [6.07, 6.45) is 3.37. The number of nitrogen functional groups attached to an aromatic ring is 2. The van der Waals surface area contributed by atoms with Crippen LogP contribution in [0.5, 0.6) is 0 Å². The summed E-state index contributed by atoms with van der Waals surface area (Å²) in [7, 11) is 0. The van der Waals surface area contributed by atoms with E-state index in [0.717, 1.165) is 28.2 Å². The summed E-state index contributed by atoms with van der Waals surface area (Å²) in [5, 5.41) is 15.4. The van der Waals surface area contributed by atoms with Gasteiger partial charge in [-0.25, -0.2) is 9.97 Å². The number of rotatable bonds is 4. The van der Waals surface area contributed by atoms with Gasteiger partial charge in [0, 0.05) is 34.3 Å². The van der Waals surface area contributed by atoms with Gasteiger partial charge in [0.2, 0.25) is 0 Å².